The minimum absolute atomic E-state index is 0.0541. The van der Waals surface area contributed by atoms with Crippen LogP contribution in [0.15, 0.2) is 128 Å². The summed E-state index contributed by atoms with van der Waals surface area (Å²) in [5, 5.41) is 3.12. The molecule has 0 spiro atoms. The van der Waals surface area contributed by atoms with Gasteiger partial charge in [0.2, 0.25) is 0 Å². The van der Waals surface area contributed by atoms with Gasteiger partial charge < -0.3 is 20.6 Å². The molecule has 374 valence electrons. The zero-order valence-electron chi connectivity index (χ0n) is 38.1. The molecular formula is C51H41Cl3F3I2N6O5S2-. The van der Waals surface area contributed by atoms with Crippen molar-refractivity contribution in [2.75, 3.05) is 11.1 Å². The van der Waals surface area contributed by atoms with Crippen LogP contribution in [-0.2, 0) is 39.6 Å². The highest BCUT2D eigenvalue weighted by Gasteiger charge is 2.39. The highest BCUT2D eigenvalue weighted by Crippen LogP contribution is 2.34. The standard InChI is InChI=1S/C22H19ClN2.C20H13ClF3IN2O3S.C5H4ClIN2.C4H6.O2S/c1-3-18-12-20-21(24-18)13-19(23)22(25-20)17-10-8-16(9-11-17)15-6-4-14(2)5-7-15;21-15-9-16(26-19(28)20(22,23)24)18(25)27-17(15)14-7-5-13(6-8-14)12-3-1-11(2-4-12)10-31(29)30;6-4-1-3(8)2-9-5(4)7;1-3-4-2;1-3-2/h4-13,24H,3H2,1-2H3;1-9H,10H2,(H,26,28)(H,29,30);1-2H,8H2;1H,4H2,2H3;/p-1. The van der Waals surface area contributed by atoms with Gasteiger partial charge in [0.1, 0.15) is 7.40 Å². The lowest BCUT2D eigenvalue weighted by Gasteiger charge is -2.12. The Morgan fingerprint density at radius 2 is 1.24 bits per heavy atom. The largest absolute Gasteiger partial charge is 0.772 e. The fourth-order valence-corrected chi connectivity index (χ4v) is 8.17. The minimum Gasteiger partial charge on any atom is -0.772 e. The first-order valence-corrected chi connectivity index (χ1v) is 26.2. The van der Waals surface area contributed by atoms with Gasteiger partial charge >= 0.3 is 23.7 Å². The SMILES string of the molecule is C#CCC.CCc1cc2nc(-c3ccc(-c4ccc(C)cc4)cc3)c(Cl)cc2[nH]1.Nc1cnc(I)c(Cl)c1.O=C(Nc1cc(Cl)c(-c2ccc(-c3ccc(CS(=O)[O-])cc3)cc2)nc1I)C(F)(F)F.O=S=O. The van der Waals surface area contributed by atoms with E-state index in [2.05, 4.69) is 89.3 Å². The third-order valence-corrected chi connectivity index (χ3v) is 13.2. The Hall–Kier alpha value is -5.25. The number of pyridine rings is 3. The molecule has 21 heteroatoms. The Morgan fingerprint density at radius 3 is 1.68 bits per heavy atom. The van der Waals surface area contributed by atoms with Gasteiger partial charge in [-0.05, 0) is 111 Å². The number of fused-ring (bicyclic) bond motifs is 1. The molecule has 1 unspecified atom stereocenters. The smallest absolute Gasteiger partial charge is 0.471 e. The topological polar surface area (TPSA) is 184 Å². The first-order valence-electron chi connectivity index (χ1n) is 21.0. The van der Waals surface area contributed by atoms with Crippen molar-refractivity contribution in [1.29, 1.82) is 0 Å². The number of nitrogens with two attached hydrogens (primary N) is 1. The number of rotatable bonds is 8. The number of nitrogen functional groups attached to an aromatic ring is 1. The summed E-state index contributed by atoms with van der Waals surface area (Å²) in [6.45, 7) is 6.17. The molecule has 0 bridgehead atoms. The predicted octanol–water partition coefficient (Wildman–Crippen LogP) is 14.3. The third-order valence-electron chi connectivity index (χ3n) is 9.72. The Bertz CT molecular complexity index is 3210. The average molecular weight is 1300 g/mol. The fraction of sp³-hybridized carbons (Fsp3) is 0.137. The van der Waals surface area contributed by atoms with Gasteiger partial charge in [-0.2, -0.15) is 21.6 Å². The average Bonchev–Trinajstić information content (AvgIpc) is 3.76. The number of hydrogen-bond donors (Lipinski definition) is 3. The molecule has 72 heavy (non-hydrogen) atoms. The number of carbonyl (C=O) groups excluding carboxylic acids is 1. The van der Waals surface area contributed by atoms with Crippen LogP contribution in [0.3, 0.4) is 0 Å². The number of aromatic amines is 1. The number of halogens is 8. The summed E-state index contributed by atoms with van der Waals surface area (Å²) in [5.74, 6) is 0.273. The number of aryl methyl sites for hydroxylation is 2. The Labute approximate surface area is 462 Å². The van der Waals surface area contributed by atoms with Gasteiger partial charge in [-0.15, -0.1) is 12.3 Å². The summed E-state index contributed by atoms with van der Waals surface area (Å²) in [5.41, 5.74) is 17.9. The Morgan fingerprint density at radius 1 is 0.778 bits per heavy atom. The normalized spacial score (nSPS) is 10.9. The van der Waals surface area contributed by atoms with Crippen molar-refractivity contribution >= 4 is 131 Å². The predicted molar refractivity (Wildman–Crippen MR) is 301 cm³/mol. The monoisotopic (exact) mass is 1300 g/mol. The van der Waals surface area contributed by atoms with Crippen LogP contribution in [0.1, 0.15) is 37.1 Å². The molecule has 0 radical (unpaired) electrons. The highest BCUT2D eigenvalue weighted by molar-refractivity contribution is 14.1. The van der Waals surface area contributed by atoms with E-state index >= 15 is 0 Å². The van der Waals surface area contributed by atoms with Gasteiger partial charge in [0.15, 0.2) is 0 Å². The number of nitrogens with one attached hydrogen (secondary N) is 2. The molecule has 0 fully saturated rings. The van der Waals surface area contributed by atoms with Crippen molar-refractivity contribution in [3.05, 3.63) is 167 Å². The molecule has 0 aliphatic rings. The summed E-state index contributed by atoms with van der Waals surface area (Å²) in [6.07, 6.45) is 3.14. The number of H-pyrrole nitrogens is 1. The molecule has 0 saturated carbocycles. The van der Waals surface area contributed by atoms with Crippen molar-refractivity contribution in [2.45, 2.75) is 45.5 Å². The third kappa shape index (κ3) is 18.0. The van der Waals surface area contributed by atoms with Crippen LogP contribution in [0, 0.1) is 26.7 Å². The molecule has 0 aliphatic carbocycles. The minimum atomic E-state index is -5.02. The van der Waals surface area contributed by atoms with E-state index in [0.717, 1.165) is 50.0 Å². The van der Waals surface area contributed by atoms with Crippen LogP contribution in [-0.4, -0.2) is 49.2 Å². The number of benzene rings is 4. The molecule has 4 aromatic heterocycles. The summed E-state index contributed by atoms with van der Waals surface area (Å²) in [4.78, 5) is 27.4. The van der Waals surface area contributed by atoms with Crippen molar-refractivity contribution in [1.82, 2.24) is 19.9 Å². The van der Waals surface area contributed by atoms with Crippen LogP contribution < -0.4 is 11.1 Å². The number of anilines is 2. The molecule has 0 aliphatic heterocycles. The molecule has 8 rings (SSSR count). The van der Waals surface area contributed by atoms with Crippen LogP contribution in [0.2, 0.25) is 15.1 Å². The lowest BCUT2D eigenvalue weighted by atomic mass is 10.0. The molecule has 11 nitrogen and oxygen atoms in total. The Kier molecular flexibility index (Phi) is 23.8. The van der Waals surface area contributed by atoms with E-state index in [4.69, 9.17) is 60.4 Å². The fourth-order valence-electron chi connectivity index (χ4n) is 6.18. The molecule has 4 aromatic carbocycles. The summed E-state index contributed by atoms with van der Waals surface area (Å²) in [6, 6.07) is 38.2. The van der Waals surface area contributed by atoms with Gasteiger partial charge in [0.05, 0.1) is 55.1 Å². The Balaban J connectivity index is 0.000000242. The lowest BCUT2D eigenvalue weighted by Crippen LogP contribution is -2.30. The number of nitrogens with zero attached hydrogens (tertiary/aromatic N) is 3. The van der Waals surface area contributed by atoms with Crippen molar-refractivity contribution in [2.24, 2.45) is 0 Å². The van der Waals surface area contributed by atoms with Gasteiger partial charge in [-0.25, -0.2) is 15.0 Å². The zero-order chi connectivity index (χ0) is 53.1. The van der Waals surface area contributed by atoms with Crippen molar-refractivity contribution < 1.29 is 35.1 Å². The van der Waals surface area contributed by atoms with E-state index in [1.165, 1.54) is 28.5 Å². The van der Waals surface area contributed by atoms with E-state index < -0.39 is 34.7 Å². The van der Waals surface area contributed by atoms with Gasteiger partial charge in [-0.1, -0.05) is 162 Å². The second-order valence-electron chi connectivity index (χ2n) is 14.8. The number of aromatic nitrogens is 4. The second kappa shape index (κ2) is 28.8. The van der Waals surface area contributed by atoms with E-state index in [1.807, 2.05) is 59.8 Å². The first kappa shape index (κ1) is 59.3. The molecule has 4 heterocycles. The molecule has 1 atom stereocenters. The van der Waals surface area contributed by atoms with Crippen LogP contribution in [0.5, 0.6) is 0 Å². The van der Waals surface area contributed by atoms with Crippen molar-refractivity contribution in [3.8, 4) is 57.1 Å². The number of alkyl halides is 3. The second-order valence-corrected chi connectivity index (χ2v) is 19.1. The molecule has 4 N–H and O–H groups in total. The molecule has 0 saturated heterocycles. The number of amides is 1. The highest BCUT2D eigenvalue weighted by atomic mass is 127. The van der Waals surface area contributed by atoms with Gasteiger partial charge in [0, 0.05) is 29.0 Å². The maximum Gasteiger partial charge on any atom is 0.471 e. The summed E-state index contributed by atoms with van der Waals surface area (Å²) >= 11 is 19.2. The first-order chi connectivity index (χ1) is 34.2. The number of terminal acetylenes is 1. The van der Waals surface area contributed by atoms with Crippen molar-refractivity contribution in [3.63, 3.8) is 0 Å². The lowest BCUT2D eigenvalue weighted by molar-refractivity contribution is -0.167. The molecule has 1 amide bonds. The van der Waals surface area contributed by atoms with Gasteiger partial charge in [-0.3, -0.25) is 9.00 Å². The maximum atomic E-state index is 12.5. The number of hydrogen-bond acceptors (Lipinski definition) is 9. The molecular weight excluding hydrogens is 1260 g/mol. The van der Waals surface area contributed by atoms with Crippen LogP contribution in [0.4, 0.5) is 24.5 Å². The number of carbonyl (C=O) groups is 1. The van der Waals surface area contributed by atoms with E-state index in [0.29, 0.717) is 32.6 Å². The van der Waals surface area contributed by atoms with E-state index in [-0.39, 0.29) is 20.2 Å². The van der Waals surface area contributed by atoms with Crippen LogP contribution in [0.25, 0.3) is 55.8 Å². The molecule has 8 aromatic rings. The zero-order valence-corrected chi connectivity index (χ0v) is 46.3. The maximum absolute atomic E-state index is 12.5. The van der Waals surface area contributed by atoms with Crippen LogP contribution >= 0.6 is 80.0 Å². The quantitative estimate of drug-likeness (QED) is 0.0577. The van der Waals surface area contributed by atoms with E-state index in [1.54, 1.807) is 64.4 Å². The summed E-state index contributed by atoms with van der Waals surface area (Å²) < 4.78 is 76.5. The van der Waals surface area contributed by atoms with Gasteiger partial charge in [0.25, 0.3) is 0 Å². The summed E-state index contributed by atoms with van der Waals surface area (Å²) in [7, 11) is 0. The van der Waals surface area contributed by atoms with E-state index in [9.17, 15) is 26.7 Å².